The normalized spacial score (nSPS) is 27.9. The van der Waals surface area contributed by atoms with Gasteiger partial charge in [-0.15, -0.1) is 0 Å². The van der Waals surface area contributed by atoms with Crippen LogP contribution in [0.25, 0.3) is 0 Å². The van der Waals surface area contributed by atoms with E-state index in [0.717, 1.165) is 38.5 Å². The number of sulfonamides is 1. The topological polar surface area (TPSA) is 95.5 Å². The highest BCUT2D eigenvalue weighted by atomic mass is 32.2. The van der Waals surface area contributed by atoms with Gasteiger partial charge in [0.25, 0.3) is 5.91 Å². The van der Waals surface area contributed by atoms with Crippen molar-refractivity contribution in [2.24, 2.45) is 5.92 Å². The molecule has 0 aromatic heterocycles. The van der Waals surface area contributed by atoms with E-state index in [1.807, 2.05) is 0 Å². The molecule has 3 N–H and O–H groups in total. The number of amides is 1. The second kappa shape index (κ2) is 8.08. The predicted octanol–water partition coefficient (Wildman–Crippen LogP) is 1.86. The number of carbonyl (C=O) groups excluding carboxylic acids is 1. The van der Waals surface area contributed by atoms with Crippen LogP contribution in [0.3, 0.4) is 0 Å². The molecule has 0 spiro atoms. The zero-order chi connectivity index (χ0) is 16.0. The van der Waals surface area contributed by atoms with Gasteiger partial charge in [-0.25, -0.2) is 18.6 Å². The first kappa shape index (κ1) is 17.4. The van der Waals surface area contributed by atoms with Gasteiger partial charge in [-0.05, 0) is 38.0 Å². The van der Waals surface area contributed by atoms with Gasteiger partial charge in [0.1, 0.15) is 0 Å². The Morgan fingerprint density at radius 3 is 2.45 bits per heavy atom. The zero-order valence-corrected chi connectivity index (χ0v) is 13.6. The lowest BCUT2D eigenvalue weighted by Gasteiger charge is -2.30. The third-order valence-corrected chi connectivity index (χ3v) is 6.64. The van der Waals surface area contributed by atoms with Crippen LogP contribution in [0.15, 0.2) is 12.2 Å². The SMILES string of the molecule is O=C(/C=C/C1CCCC(S(=O)(=O)NC2CCCCC2)C1)NO. The lowest BCUT2D eigenvalue weighted by Crippen LogP contribution is -2.43. The quantitative estimate of drug-likeness (QED) is 0.407. The van der Waals surface area contributed by atoms with Crippen LogP contribution in [0.5, 0.6) is 0 Å². The van der Waals surface area contributed by atoms with Crippen LogP contribution in [0.4, 0.5) is 0 Å². The molecule has 2 aliphatic rings. The molecule has 0 bridgehead atoms. The van der Waals surface area contributed by atoms with Gasteiger partial charge in [0.05, 0.1) is 5.25 Å². The Bertz CT molecular complexity index is 498. The minimum Gasteiger partial charge on any atom is -0.288 e. The number of hydroxylamine groups is 1. The lowest BCUT2D eigenvalue weighted by atomic mass is 9.88. The van der Waals surface area contributed by atoms with Crippen LogP contribution in [-0.2, 0) is 14.8 Å². The molecule has 2 atom stereocenters. The molecule has 7 heteroatoms. The van der Waals surface area contributed by atoms with Crippen LogP contribution < -0.4 is 10.2 Å². The average molecular weight is 330 g/mol. The third-order valence-electron chi connectivity index (χ3n) is 4.67. The van der Waals surface area contributed by atoms with Crippen molar-refractivity contribution in [2.45, 2.75) is 69.1 Å². The maximum absolute atomic E-state index is 12.5. The second-order valence-corrected chi connectivity index (χ2v) is 8.37. The lowest BCUT2D eigenvalue weighted by molar-refractivity contribution is -0.124. The Labute approximate surface area is 132 Å². The standard InChI is InChI=1S/C15H26N2O4S/c18-15(16-19)10-9-12-5-4-8-14(11-12)22(20,21)17-13-6-2-1-3-7-13/h9-10,12-14,17,19H,1-8,11H2,(H,16,18)/b10-9+. The summed E-state index contributed by atoms with van der Waals surface area (Å²) in [6, 6.07) is 0.0924. The monoisotopic (exact) mass is 330 g/mol. The molecule has 0 aromatic rings. The number of nitrogens with one attached hydrogen (secondary N) is 2. The van der Waals surface area contributed by atoms with Gasteiger partial charge >= 0.3 is 0 Å². The van der Waals surface area contributed by atoms with Crippen LogP contribution in [0.2, 0.25) is 0 Å². The minimum absolute atomic E-state index is 0.0685. The molecular formula is C15H26N2O4S. The van der Waals surface area contributed by atoms with E-state index < -0.39 is 15.9 Å². The van der Waals surface area contributed by atoms with Crippen molar-refractivity contribution in [1.82, 2.24) is 10.2 Å². The molecule has 2 saturated carbocycles. The van der Waals surface area contributed by atoms with Gasteiger partial charge in [-0.1, -0.05) is 31.8 Å². The summed E-state index contributed by atoms with van der Waals surface area (Å²) in [4.78, 5) is 11.0. The summed E-state index contributed by atoms with van der Waals surface area (Å²) in [5.74, 6) is -0.510. The summed E-state index contributed by atoms with van der Waals surface area (Å²) < 4.78 is 28.0. The van der Waals surface area contributed by atoms with Crippen molar-refractivity contribution < 1.29 is 18.4 Å². The van der Waals surface area contributed by atoms with Crippen LogP contribution in [0.1, 0.15) is 57.8 Å². The van der Waals surface area contributed by atoms with E-state index >= 15 is 0 Å². The molecule has 0 heterocycles. The van der Waals surface area contributed by atoms with Gasteiger partial charge in [0.2, 0.25) is 10.0 Å². The molecule has 2 unspecified atom stereocenters. The van der Waals surface area contributed by atoms with Crippen molar-refractivity contribution in [3.63, 3.8) is 0 Å². The molecule has 6 nitrogen and oxygen atoms in total. The molecule has 0 radical (unpaired) electrons. The smallest absolute Gasteiger partial charge is 0.267 e. The van der Waals surface area contributed by atoms with Crippen molar-refractivity contribution in [1.29, 1.82) is 0 Å². The van der Waals surface area contributed by atoms with Crippen molar-refractivity contribution in [3.8, 4) is 0 Å². The fourth-order valence-corrected chi connectivity index (χ4v) is 5.32. The predicted molar refractivity (Wildman–Crippen MR) is 83.7 cm³/mol. The molecule has 0 aromatic carbocycles. The van der Waals surface area contributed by atoms with E-state index in [1.54, 1.807) is 11.6 Å². The Hall–Kier alpha value is -0.920. The molecule has 126 valence electrons. The van der Waals surface area contributed by atoms with E-state index in [-0.39, 0.29) is 17.2 Å². The fraction of sp³-hybridized carbons (Fsp3) is 0.800. The highest BCUT2D eigenvalue weighted by Gasteiger charge is 2.32. The molecule has 1 amide bonds. The third kappa shape index (κ3) is 5.07. The first-order valence-corrected chi connectivity index (χ1v) is 9.69. The van der Waals surface area contributed by atoms with Crippen molar-refractivity contribution in [2.75, 3.05) is 0 Å². The van der Waals surface area contributed by atoms with E-state index in [0.29, 0.717) is 12.8 Å². The summed E-state index contributed by atoms with van der Waals surface area (Å²) in [5, 5.41) is 8.09. The summed E-state index contributed by atoms with van der Waals surface area (Å²) >= 11 is 0. The Morgan fingerprint density at radius 2 is 1.77 bits per heavy atom. The molecule has 2 fully saturated rings. The largest absolute Gasteiger partial charge is 0.288 e. The fourth-order valence-electron chi connectivity index (χ4n) is 3.45. The highest BCUT2D eigenvalue weighted by Crippen LogP contribution is 2.30. The van der Waals surface area contributed by atoms with Crippen molar-refractivity contribution in [3.05, 3.63) is 12.2 Å². The molecule has 0 aliphatic heterocycles. The molecule has 0 saturated heterocycles. The summed E-state index contributed by atoms with van der Waals surface area (Å²) in [6.45, 7) is 0. The Balaban J connectivity index is 1.92. The summed E-state index contributed by atoms with van der Waals surface area (Å²) in [6.07, 6.45) is 11.2. The molecular weight excluding hydrogens is 304 g/mol. The van der Waals surface area contributed by atoms with E-state index in [1.165, 1.54) is 12.5 Å². The number of rotatable bonds is 5. The maximum atomic E-state index is 12.5. The first-order valence-electron chi connectivity index (χ1n) is 8.14. The van der Waals surface area contributed by atoms with Crippen LogP contribution in [-0.4, -0.2) is 30.8 Å². The van der Waals surface area contributed by atoms with Gasteiger partial charge in [-0.2, -0.15) is 0 Å². The van der Waals surface area contributed by atoms with Crippen LogP contribution >= 0.6 is 0 Å². The molecule has 2 rings (SSSR count). The average Bonchev–Trinajstić information content (AvgIpc) is 2.53. The van der Waals surface area contributed by atoms with Crippen molar-refractivity contribution >= 4 is 15.9 Å². The Morgan fingerprint density at radius 1 is 1.05 bits per heavy atom. The van der Waals surface area contributed by atoms with E-state index in [2.05, 4.69) is 4.72 Å². The number of carbonyl (C=O) groups is 1. The number of allylic oxidation sites excluding steroid dienone is 1. The molecule has 22 heavy (non-hydrogen) atoms. The number of hydrogen-bond acceptors (Lipinski definition) is 4. The second-order valence-electron chi connectivity index (χ2n) is 6.38. The maximum Gasteiger partial charge on any atom is 0.267 e. The van der Waals surface area contributed by atoms with Crippen LogP contribution in [0, 0.1) is 5.92 Å². The number of hydrogen-bond donors (Lipinski definition) is 3. The minimum atomic E-state index is -3.29. The van der Waals surface area contributed by atoms with E-state index in [4.69, 9.17) is 5.21 Å². The molecule has 2 aliphatic carbocycles. The Kier molecular flexibility index (Phi) is 6.40. The first-order chi connectivity index (χ1) is 10.5. The van der Waals surface area contributed by atoms with Gasteiger partial charge in [-0.3, -0.25) is 10.0 Å². The highest BCUT2D eigenvalue weighted by molar-refractivity contribution is 7.90. The van der Waals surface area contributed by atoms with E-state index in [9.17, 15) is 13.2 Å². The summed E-state index contributed by atoms with van der Waals surface area (Å²) in [5.41, 5.74) is 1.54. The van der Waals surface area contributed by atoms with Gasteiger partial charge < -0.3 is 0 Å². The van der Waals surface area contributed by atoms with Gasteiger partial charge in [0, 0.05) is 12.1 Å². The zero-order valence-electron chi connectivity index (χ0n) is 12.8. The summed E-state index contributed by atoms with van der Waals surface area (Å²) in [7, 11) is -3.29. The van der Waals surface area contributed by atoms with Gasteiger partial charge in [0.15, 0.2) is 0 Å².